The average Bonchev–Trinajstić information content (AvgIpc) is 2.77. The third-order valence-electron chi connectivity index (χ3n) is 4.27. The standard InChI is InChI=1S/C22H22BrN5O3S/c1-28(2)18-7-5-4-6-17(18)20(29)27-21(30)26-16-8-9-19(14(10-16)13-32-3)31-22-24-11-15(23)12-25-22/h4-12H,13H2,1-3H3,(H2,26,27,29,30). The Bertz CT molecular complexity index is 1110. The summed E-state index contributed by atoms with van der Waals surface area (Å²) in [5.41, 5.74) is 2.51. The SMILES string of the molecule is CSCc1cc(NC(=O)NC(=O)c2ccccc2N(C)C)ccc1Oc1ncc(Br)cn1. The second-order valence-corrected chi connectivity index (χ2v) is 8.64. The molecule has 3 rings (SSSR count). The Morgan fingerprint density at radius 1 is 1.12 bits per heavy atom. The van der Waals surface area contributed by atoms with E-state index in [0.29, 0.717) is 22.8 Å². The minimum absolute atomic E-state index is 0.221. The monoisotopic (exact) mass is 515 g/mol. The van der Waals surface area contributed by atoms with Crippen LogP contribution in [0.4, 0.5) is 16.2 Å². The van der Waals surface area contributed by atoms with Crippen LogP contribution >= 0.6 is 27.7 Å². The van der Waals surface area contributed by atoms with Gasteiger partial charge in [-0.15, -0.1) is 0 Å². The Labute approximate surface area is 198 Å². The van der Waals surface area contributed by atoms with Crippen LogP contribution in [0.1, 0.15) is 15.9 Å². The van der Waals surface area contributed by atoms with Gasteiger partial charge in [0.05, 0.1) is 10.0 Å². The number of halogens is 1. The van der Waals surface area contributed by atoms with Gasteiger partial charge in [0.1, 0.15) is 5.75 Å². The van der Waals surface area contributed by atoms with Crippen molar-refractivity contribution in [3.63, 3.8) is 0 Å². The van der Waals surface area contributed by atoms with Crippen LogP contribution in [0.3, 0.4) is 0 Å². The number of carbonyl (C=O) groups is 2. The molecule has 0 atom stereocenters. The van der Waals surface area contributed by atoms with Crippen molar-refractivity contribution in [2.45, 2.75) is 5.75 Å². The van der Waals surface area contributed by atoms with Gasteiger partial charge in [0.25, 0.3) is 5.91 Å². The second kappa shape index (κ2) is 11.0. The maximum atomic E-state index is 12.6. The largest absolute Gasteiger partial charge is 0.424 e. The lowest BCUT2D eigenvalue weighted by Gasteiger charge is -2.17. The number of hydrogen-bond donors (Lipinski definition) is 2. The van der Waals surface area contributed by atoms with E-state index in [4.69, 9.17) is 4.74 Å². The summed E-state index contributed by atoms with van der Waals surface area (Å²) in [6.45, 7) is 0. The molecule has 0 fully saturated rings. The minimum Gasteiger partial charge on any atom is -0.424 e. The number of para-hydroxylation sites is 1. The summed E-state index contributed by atoms with van der Waals surface area (Å²) < 4.78 is 6.54. The van der Waals surface area contributed by atoms with Crippen molar-refractivity contribution >= 4 is 51.0 Å². The fourth-order valence-corrected chi connectivity index (χ4v) is 3.61. The molecule has 3 aromatic rings. The maximum absolute atomic E-state index is 12.6. The number of amides is 3. The van der Waals surface area contributed by atoms with Gasteiger partial charge in [-0.1, -0.05) is 12.1 Å². The van der Waals surface area contributed by atoms with E-state index in [0.717, 1.165) is 15.7 Å². The smallest absolute Gasteiger partial charge is 0.326 e. The summed E-state index contributed by atoms with van der Waals surface area (Å²) in [4.78, 5) is 35.1. The van der Waals surface area contributed by atoms with Gasteiger partial charge < -0.3 is 15.0 Å². The third kappa shape index (κ3) is 6.21. The van der Waals surface area contributed by atoms with Gasteiger partial charge in [-0.25, -0.2) is 14.8 Å². The fraction of sp³-hybridized carbons (Fsp3) is 0.182. The molecule has 3 amide bonds. The number of ether oxygens (including phenoxy) is 1. The Kier molecular flexibility index (Phi) is 8.07. The molecule has 0 aliphatic heterocycles. The van der Waals surface area contributed by atoms with Crippen molar-refractivity contribution in [1.82, 2.24) is 15.3 Å². The van der Waals surface area contributed by atoms with Crippen molar-refractivity contribution in [2.75, 3.05) is 30.6 Å². The van der Waals surface area contributed by atoms with Gasteiger partial charge >= 0.3 is 12.0 Å². The number of anilines is 2. The van der Waals surface area contributed by atoms with E-state index in [2.05, 4.69) is 36.5 Å². The van der Waals surface area contributed by atoms with Crippen LogP contribution in [-0.2, 0) is 5.75 Å². The first-order valence-corrected chi connectivity index (χ1v) is 11.7. The highest BCUT2D eigenvalue weighted by Crippen LogP contribution is 2.29. The molecule has 0 aliphatic rings. The van der Waals surface area contributed by atoms with Gasteiger partial charge in [-0.2, -0.15) is 11.8 Å². The van der Waals surface area contributed by atoms with Crippen LogP contribution in [0.5, 0.6) is 11.8 Å². The van der Waals surface area contributed by atoms with Crippen molar-refractivity contribution in [2.24, 2.45) is 0 Å². The predicted octanol–water partition coefficient (Wildman–Crippen LogP) is 4.92. The number of hydrogen-bond acceptors (Lipinski definition) is 7. The van der Waals surface area contributed by atoms with Crippen LogP contribution in [0.2, 0.25) is 0 Å². The lowest BCUT2D eigenvalue weighted by Crippen LogP contribution is -2.35. The molecule has 166 valence electrons. The Balaban J connectivity index is 1.71. The molecule has 0 aliphatic carbocycles. The molecule has 1 heterocycles. The number of nitrogens with zero attached hydrogens (tertiary/aromatic N) is 3. The summed E-state index contributed by atoms with van der Waals surface area (Å²) in [5.74, 6) is 0.755. The highest BCUT2D eigenvalue weighted by Gasteiger charge is 2.16. The molecular weight excluding hydrogens is 494 g/mol. The summed E-state index contributed by atoms with van der Waals surface area (Å²) >= 11 is 4.90. The first kappa shape index (κ1) is 23.6. The normalized spacial score (nSPS) is 10.4. The van der Waals surface area contributed by atoms with Gasteiger partial charge in [-0.05, 0) is 52.5 Å². The lowest BCUT2D eigenvalue weighted by atomic mass is 10.1. The maximum Gasteiger partial charge on any atom is 0.326 e. The Hall–Kier alpha value is -3.11. The number of aromatic nitrogens is 2. The zero-order chi connectivity index (χ0) is 23.1. The molecule has 2 N–H and O–H groups in total. The molecule has 1 aromatic heterocycles. The zero-order valence-corrected chi connectivity index (χ0v) is 20.2. The third-order valence-corrected chi connectivity index (χ3v) is 5.28. The number of rotatable bonds is 7. The quantitative estimate of drug-likeness (QED) is 0.460. The van der Waals surface area contributed by atoms with E-state index < -0.39 is 11.9 Å². The number of thioether (sulfide) groups is 1. The molecule has 0 saturated heterocycles. The number of nitrogens with one attached hydrogen (secondary N) is 2. The first-order chi connectivity index (χ1) is 15.4. The fourth-order valence-electron chi connectivity index (χ4n) is 2.86. The zero-order valence-electron chi connectivity index (χ0n) is 17.8. The van der Waals surface area contributed by atoms with Crippen LogP contribution in [0.25, 0.3) is 0 Å². The molecule has 0 spiro atoms. The predicted molar refractivity (Wildman–Crippen MR) is 131 cm³/mol. The number of urea groups is 1. The average molecular weight is 516 g/mol. The number of benzene rings is 2. The topological polar surface area (TPSA) is 96.5 Å². The molecule has 8 nitrogen and oxygen atoms in total. The Morgan fingerprint density at radius 2 is 1.84 bits per heavy atom. The molecule has 32 heavy (non-hydrogen) atoms. The van der Waals surface area contributed by atoms with E-state index in [1.165, 1.54) is 0 Å². The van der Waals surface area contributed by atoms with Gasteiger partial charge in [0.2, 0.25) is 0 Å². The van der Waals surface area contributed by atoms with Crippen LogP contribution in [0.15, 0.2) is 59.3 Å². The first-order valence-electron chi connectivity index (χ1n) is 9.53. The molecule has 0 radical (unpaired) electrons. The second-order valence-electron chi connectivity index (χ2n) is 6.86. The lowest BCUT2D eigenvalue weighted by molar-refractivity contribution is 0.0967. The van der Waals surface area contributed by atoms with Gasteiger partial charge in [0.15, 0.2) is 0 Å². The van der Waals surface area contributed by atoms with Crippen molar-refractivity contribution in [3.8, 4) is 11.8 Å². The molecule has 2 aromatic carbocycles. The molecule has 0 unspecified atom stereocenters. The van der Waals surface area contributed by atoms with Crippen LogP contribution in [-0.4, -0.2) is 42.3 Å². The summed E-state index contributed by atoms with van der Waals surface area (Å²) in [5, 5.41) is 5.08. The van der Waals surface area contributed by atoms with Crippen LogP contribution < -0.4 is 20.3 Å². The van der Waals surface area contributed by atoms with E-state index in [1.807, 2.05) is 37.4 Å². The van der Waals surface area contributed by atoms with Crippen molar-refractivity contribution in [1.29, 1.82) is 0 Å². The molecule has 10 heteroatoms. The number of imide groups is 1. The van der Waals surface area contributed by atoms with Crippen LogP contribution in [0, 0.1) is 0 Å². The van der Waals surface area contributed by atoms with E-state index >= 15 is 0 Å². The van der Waals surface area contributed by atoms with Crippen molar-refractivity contribution in [3.05, 3.63) is 70.5 Å². The van der Waals surface area contributed by atoms with Gasteiger partial charge in [-0.3, -0.25) is 10.1 Å². The van der Waals surface area contributed by atoms with E-state index in [1.54, 1.807) is 54.5 Å². The highest BCUT2D eigenvalue weighted by atomic mass is 79.9. The Morgan fingerprint density at radius 3 is 2.53 bits per heavy atom. The van der Waals surface area contributed by atoms with Gasteiger partial charge in [0, 0.05) is 49.2 Å². The summed E-state index contributed by atoms with van der Waals surface area (Å²) in [6, 6.07) is 11.9. The highest BCUT2D eigenvalue weighted by molar-refractivity contribution is 9.10. The molecule has 0 bridgehead atoms. The molecule has 0 saturated carbocycles. The van der Waals surface area contributed by atoms with E-state index in [9.17, 15) is 9.59 Å². The van der Waals surface area contributed by atoms with E-state index in [-0.39, 0.29) is 6.01 Å². The molecular formula is C22H22BrN5O3S. The number of carbonyl (C=O) groups excluding carboxylic acids is 2. The summed E-state index contributed by atoms with van der Waals surface area (Å²) in [7, 11) is 3.67. The van der Waals surface area contributed by atoms with Crippen molar-refractivity contribution < 1.29 is 14.3 Å². The minimum atomic E-state index is -0.622. The summed E-state index contributed by atoms with van der Waals surface area (Å²) in [6.07, 6.45) is 5.16.